The molecule has 0 spiro atoms. The van der Waals surface area contributed by atoms with Gasteiger partial charge in [0.05, 0.1) is 11.9 Å². The summed E-state index contributed by atoms with van der Waals surface area (Å²) in [4.78, 5) is 12.0. The maximum absolute atomic E-state index is 12.0. The van der Waals surface area contributed by atoms with Crippen LogP contribution in [0.25, 0.3) is 0 Å². The molecule has 0 saturated carbocycles. The van der Waals surface area contributed by atoms with Crippen LogP contribution < -0.4 is 14.4 Å². The number of halogens is 2. The van der Waals surface area contributed by atoms with Crippen LogP contribution in [0.1, 0.15) is 6.92 Å². The lowest BCUT2D eigenvalue weighted by Crippen LogP contribution is -2.29. The molecule has 0 fully saturated rings. The molecule has 0 unspecified atom stereocenters. The average molecular weight is 417 g/mol. The summed E-state index contributed by atoms with van der Waals surface area (Å²) in [5.41, 5.74) is 0.999. The minimum atomic E-state index is -3.34. The van der Waals surface area contributed by atoms with Crippen molar-refractivity contribution in [2.45, 2.75) is 6.92 Å². The zero-order chi connectivity index (χ0) is 19.3. The Morgan fingerprint density at radius 3 is 2.19 bits per heavy atom. The van der Waals surface area contributed by atoms with Gasteiger partial charge >= 0.3 is 0 Å². The second kappa shape index (κ2) is 8.62. The van der Waals surface area contributed by atoms with Gasteiger partial charge in [0, 0.05) is 22.3 Å². The number of ether oxygens (including phenoxy) is 1. The van der Waals surface area contributed by atoms with E-state index in [0.717, 1.165) is 6.26 Å². The van der Waals surface area contributed by atoms with Crippen LogP contribution in [0, 0.1) is 0 Å². The monoisotopic (exact) mass is 416 g/mol. The largest absolute Gasteiger partial charge is 0.484 e. The summed E-state index contributed by atoms with van der Waals surface area (Å²) in [6.45, 7) is 1.86. The molecule has 0 heterocycles. The van der Waals surface area contributed by atoms with E-state index in [1.54, 1.807) is 49.4 Å². The quantitative estimate of drug-likeness (QED) is 0.744. The van der Waals surface area contributed by atoms with Crippen LogP contribution in [0.15, 0.2) is 42.5 Å². The van der Waals surface area contributed by atoms with Gasteiger partial charge in [-0.05, 0) is 49.4 Å². The maximum Gasteiger partial charge on any atom is 0.262 e. The van der Waals surface area contributed by atoms with Crippen LogP contribution in [0.4, 0.5) is 11.4 Å². The van der Waals surface area contributed by atoms with Gasteiger partial charge in [-0.25, -0.2) is 8.42 Å². The van der Waals surface area contributed by atoms with Gasteiger partial charge in [0.15, 0.2) is 6.61 Å². The first-order chi connectivity index (χ1) is 12.2. The minimum Gasteiger partial charge on any atom is -0.484 e. The molecule has 0 atom stereocenters. The number of carbonyl (C=O) groups is 1. The van der Waals surface area contributed by atoms with E-state index in [1.165, 1.54) is 4.31 Å². The lowest BCUT2D eigenvalue weighted by molar-refractivity contribution is -0.118. The number of hydrogen-bond acceptors (Lipinski definition) is 4. The molecule has 0 aromatic heterocycles. The predicted molar refractivity (Wildman–Crippen MR) is 105 cm³/mol. The van der Waals surface area contributed by atoms with E-state index >= 15 is 0 Å². The van der Waals surface area contributed by atoms with E-state index in [2.05, 4.69) is 5.32 Å². The third-order valence-corrected chi connectivity index (χ3v) is 5.03. The fourth-order valence-corrected chi connectivity index (χ4v) is 3.79. The zero-order valence-corrected chi connectivity index (χ0v) is 16.5. The number of sulfonamides is 1. The second-order valence-corrected chi connectivity index (χ2v) is 8.20. The molecular weight excluding hydrogens is 399 g/mol. The van der Waals surface area contributed by atoms with E-state index in [4.69, 9.17) is 27.9 Å². The van der Waals surface area contributed by atoms with Crippen molar-refractivity contribution in [1.29, 1.82) is 0 Å². The molecule has 0 aliphatic rings. The number of rotatable bonds is 7. The first-order valence-electron chi connectivity index (χ1n) is 7.65. The molecule has 0 aliphatic heterocycles. The first-order valence-corrected chi connectivity index (χ1v) is 10.3. The van der Waals surface area contributed by atoms with Gasteiger partial charge in [-0.15, -0.1) is 0 Å². The van der Waals surface area contributed by atoms with Gasteiger partial charge in [0.1, 0.15) is 5.75 Å². The molecule has 1 amide bonds. The van der Waals surface area contributed by atoms with Gasteiger partial charge in [0.2, 0.25) is 10.0 Å². The molecule has 140 valence electrons. The van der Waals surface area contributed by atoms with Crippen molar-refractivity contribution >= 4 is 50.5 Å². The normalized spacial score (nSPS) is 11.1. The van der Waals surface area contributed by atoms with Crippen LogP contribution in [-0.2, 0) is 14.8 Å². The first kappa shape index (κ1) is 20.4. The summed E-state index contributed by atoms with van der Waals surface area (Å²) in [6, 6.07) is 11.2. The van der Waals surface area contributed by atoms with E-state index in [9.17, 15) is 13.2 Å². The Hall–Kier alpha value is -1.96. The summed E-state index contributed by atoms with van der Waals surface area (Å²) < 4.78 is 30.1. The third-order valence-electron chi connectivity index (χ3n) is 3.33. The molecule has 2 aromatic carbocycles. The van der Waals surface area contributed by atoms with Crippen molar-refractivity contribution in [1.82, 2.24) is 0 Å². The van der Waals surface area contributed by atoms with Crippen molar-refractivity contribution in [3.63, 3.8) is 0 Å². The number of carbonyl (C=O) groups excluding carboxylic acids is 1. The highest BCUT2D eigenvalue weighted by molar-refractivity contribution is 7.92. The number of benzene rings is 2. The van der Waals surface area contributed by atoms with Crippen molar-refractivity contribution < 1.29 is 17.9 Å². The van der Waals surface area contributed by atoms with Crippen LogP contribution in [0.5, 0.6) is 5.75 Å². The van der Waals surface area contributed by atoms with Gasteiger partial charge in [0.25, 0.3) is 5.91 Å². The van der Waals surface area contributed by atoms with Crippen LogP contribution >= 0.6 is 23.2 Å². The van der Waals surface area contributed by atoms with Crippen LogP contribution in [0.3, 0.4) is 0 Å². The highest BCUT2D eigenvalue weighted by Gasteiger charge is 2.15. The molecule has 2 rings (SSSR count). The zero-order valence-electron chi connectivity index (χ0n) is 14.2. The van der Waals surface area contributed by atoms with E-state index in [-0.39, 0.29) is 12.5 Å². The molecule has 0 radical (unpaired) electrons. The van der Waals surface area contributed by atoms with E-state index < -0.39 is 10.0 Å². The average Bonchev–Trinajstić information content (AvgIpc) is 2.52. The highest BCUT2D eigenvalue weighted by atomic mass is 35.5. The smallest absolute Gasteiger partial charge is 0.262 e. The Balaban J connectivity index is 1.96. The van der Waals surface area contributed by atoms with Crippen molar-refractivity contribution in [2.24, 2.45) is 0 Å². The van der Waals surface area contributed by atoms with Gasteiger partial charge in [-0.2, -0.15) is 0 Å². The molecule has 0 aliphatic carbocycles. The third kappa shape index (κ3) is 5.79. The molecule has 1 N–H and O–H groups in total. The summed E-state index contributed by atoms with van der Waals surface area (Å²) in [7, 11) is -3.34. The van der Waals surface area contributed by atoms with Gasteiger partial charge in [-0.3, -0.25) is 9.10 Å². The number of nitrogens with zero attached hydrogens (tertiary/aromatic N) is 1. The molecule has 0 bridgehead atoms. The fourth-order valence-electron chi connectivity index (χ4n) is 2.29. The molecule has 0 saturated heterocycles. The van der Waals surface area contributed by atoms with Gasteiger partial charge in [-0.1, -0.05) is 23.2 Å². The molecule has 9 heteroatoms. The summed E-state index contributed by atoms with van der Waals surface area (Å²) >= 11 is 11.8. The lowest BCUT2D eigenvalue weighted by atomic mass is 10.3. The topological polar surface area (TPSA) is 75.7 Å². The Bertz CT molecular complexity index is 866. The van der Waals surface area contributed by atoms with Crippen LogP contribution in [0.2, 0.25) is 10.0 Å². The van der Waals surface area contributed by atoms with Gasteiger partial charge < -0.3 is 10.1 Å². The fraction of sp³-hybridized carbons (Fsp3) is 0.235. The van der Waals surface area contributed by atoms with Crippen molar-refractivity contribution in [3.8, 4) is 5.75 Å². The Morgan fingerprint density at radius 1 is 1.12 bits per heavy atom. The Labute approximate surface area is 162 Å². The molecule has 26 heavy (non-hydrogen) atoms. The van der Waals surface area contributed by atoms with Crippen LogP contribution in [-0.4, -0.2) is 33.7 Å². The second-order valence-electron chi connectivity index (χ2n) is 5.42. The Morgan fingerprint density at radius 2 is 1.69 bits per heavy atom. The molecule has 6 nitrogen and oxygen atoms in total. The molecule has 2 aromatic rings. The number of hydrogen-bond donors (Lipinski definition) is 1. The van der Waals surface area contributed by atoms with Crippen molar-refractivity contribution in [3.05, 3.63) is 52.5 Å². The number of nitrogens with one attached hydrogen (secondary N) is 1. The molecular formula is C17H18Cl2N2O4S. The number of anilines is 2. The summed E-state index contributed by atoms with van der Waals surface area (Å²) in [5.74, 6) is 0.0660. The predicted octanol–water partition coefficient (Wildman–Crippen LogP) is 3.80. The highest BCUT2D eigenvalue weighted by Crippen LogP contribution is 2.23. The number of amides is 1. The Kier molecular flexibility index (Phi) is 6.75. The minimum absolute atomic E-state index is 0.215. The lowest BCUT2D eigenvalue weighted by Gasteiger charge is -2.20. The maximum atomic E-state index is 12.0. The van der Waals surface area contributed by atoms with E-state index in [1.807, 2.05) is 0 Å². The van der Waals surface area contributed by atoms with Crippen molar-refractivity contribution in [2.75, 3.05) is 29.0 Å². The summed E-state index contributed by atoms with van der Waals surface area (Å²) in [5, 5.41) is 3.46. The van der Waals surface area contributed by atoms with E-state index in [0.29, 0.717) is 33.7 Å². The SMILES string of the molecule is CCN(c1ccc(OCC(=O)Nc2cc(Cl)cc(Cl)c2)cc1)S(C)(=O)=O. The summed E-state index contributed by atoms with van der Waals surface area (Å²) in [6.07, 6.45) is 1.15. The standard InChI is InChI=1S/C17H18Cl2N2O4S/c1-3-21(26(2,23)24)15-4-6-16(7-5-15)25-11-17(22)20-14-9-12(18)8-13(19)10-14/h4-10H,3,11H2,1-2H3,(H,20,22).